The van der Waals surface area contributed by atoms with Crippen LogP contribution in [0.5, 0.6) is 17.2 Å². The number of hydrogen-bond donors (Lipinski definition) is 3. The number of fused-ring (bicyclic) bond motifs is 2. The summed E-state index contributed by atoms with van der Waals surface area (Å²) in [6.45, 7) is 5.35. The first-order chi connectivity index (χ1) is 17.7. The Kier molecular flexibility index (Phi) is 6.25. The fraction of sp³-hybridized carbons (Fsp3) is 0.240. The summed E-state index contributed by atoms with van der Waals surface area (Å²) < 4.78 is 16.7. The lowest BCUT2D eigenvalue weighted by Gasteiger charge is -2.25. The van der Waals surface area contributed by atoms with Crippen molar-refractivity contribution in [2.45, 2.75) is 32.4 Å². The summed E-state index contributed by atoms with van der Waals surface area (Å²) in [5.41, 5.74) is 0.137. The van der Waals surface area contributed by atoms with Gasteiger partial charge in [-0.1, -0.05) is 35.6 Å². The molecule has 0 aliphatic carbocycles. The predicted molar refractivity (Wildman–Crippen MR) is 136 cm³/mol. The van der Waals surface area contributed by atoms with E-state index >= 15 is 0 Å². The number of esters is 1. The number of amides is 1. The van der Waals surface area contributed by atoms with Crippen LogP contribution in [-0.2, 0) is 9.53 Å². The number of hydrogen-bond acceptors (Lipinski definition) is 11. The van der Waals surface area contributed by atoms with Crippen LogP contribution in [0.15, 0.2) is 48.7 Å². The van der Waals surface area contributed by atoms with Crippen molar-refractivity contribution in [2.24, 2.45) is 0 Å². The molecule has 0 radical (unpaired) electrons. The molecule has 0 bridgehead atoms. The van der Waals surface area contributed by atoms with Crippen molar-refractivity contribution >= 4 is 44.4 Å². The number of benzene rings is 2. The number of ether oxygens (including phenoxy) is 3. The number of phenolic OH excluding ortho intramolecular Hbond substituents is 1. The molecular weight excluding hydrogens is 498 g/mol. The highest BCUT2D eigenvalue weighted by molar-refractivity contribution is 7.19. The number of aromatic hydroxyl groups is 1. The van der Waals surface area contributed by atoms with Crippen molar-refractivity contribution in [1.82, 2.24) is 15.2 Å². The normalized spacial score (nSPS) is 13.3. The second kappa shape index (κ2) is 9.54. The summed E-state index contributed by atoms with van der Waals surface area (Å²) in [6, 6.07) is 11.0. The summed E-state index contributed by atoms with van der Waals surface area (Å²) >= 11 is 1.01. The Labute approximate surface area is 215 Å². The molecule has 2 aromatic carbocycles. The van der Waals surface area contributed by atoms with Gasteiger partial charge < -0.3 is 24.6 Å². The van der Waals surface area contributed by atoms with Crippen LogP contribution < -0.4 is 20.1 Å². The van der Waals surface area contributed by atoms with Crippen LogP contribution in [0.25, 0.3) is 10.9 Å². The third-order valence-corrected chi connectivity index (χ3v) is 6.06. The lowest BCUT2D eigenvalue weighted by Crippen LogP contribution is -2.31. The first kappa shape index (κ1) is 24.3. The largest absolute Gasteiger partial charge is 0.505 e. The van der Waals surface area contributed by atoms with Gasteiger partial charge in [0.1, 0.15) is 11.1 Å². The van der Waals surface area contributed by atoms with E-state index in [4.69, 9.17) is 14.2 Å². The SMILES string of the molecule is CC(C)(C)OC(=O)C(Nc1nnc(NC(=O)c2ccc3cccnc3c2O)s1)c1cccc2c1OCO2. The summed E-state index contributed by atoms with van der Waals surface area (Å²) in [5, 5.41) is 25.4. The molecule has 12 heteroatoms. The molecule has 4 aromatic rings. The van der Waals surface area contributed by atoms with E-state index in [1.165, 1.54) is 12.3 Å². The summed E-state index contributed by atoms with van der Waals surface area (Å²) in [6.07, 6.45) is 1.53. The zero-order valence-electron chi connectivity index (χ0n) is 20.1. The highest BCUT2D eigenvalue weighted by Gasteiger charge is 2.33. The van der Waals surface area contributed by atoms with Crippen LogP contribution in [0.2, 0.25) is 0 Å². The van der Waals surface area contributed by atoms with Crippen LogP contribution in [0.3, 0.4) is 0 Å². The van der Waals surface area contributed by atoms with Crippen molar-refractivity contribution in [3.8, 4) is 17.2 Å². The van der Waals surface area contributed by atoms with Gasteiger partial charge in [-0.2, -0.15) is 0 Å². The van der Waals surface area contributed by atoms with Crippen LogP contribution in [0.1, 0.15) is 42.7 Å². The number of rotatable bonds is 6. The zero-order valence-corrected chi connectivity index (χ0v) is 21.0. The maximum absolute atomic E-state index is 13.1. The third kappa shape index (κ3) is 5.09. The van der Waals surface area contributed by atoms with Gasteiger partial charge >= 0.3 is 5.97 Å². The Bertz CT molecular complexity index is 1500. The fourth-order valence-electron chi connectivity index (χ4n) is 3.74. The number of anilines is 2. The van der Waals surface area contributed by atoms with Crippen LogP contribution in [0, 0.1) is 0 Å². The van der Waals surface area contributed by atoms with E-state index in [0.717, 1.165) is 11.3 Å². The number of pyridine rings is 1. The second-order valence-corrected chi connectivity index (χ2v) is 10.1. The van der Waals surface area contributed by atoms with E-state index in [0.29, 0.717) is 28.0 Å². The van der Waals surface area contributed by atoms with Gasteiger partial charge in [0, 0.05) is 17.1 Å². The van der Waals surface area contributed by atoms with Crippen LogP contribution in [-0.4, -0.2) is 44.6 Å². The number of para-hydroxylation sites is 1. The first-order valence-electron chi connectivity index (χ1n) is 11.3. The molecule has 11 nitrogen and oxygen atoms in total. The van der Waals surface area contributed by atoms with Crippen molar-refractivity contribution < 1.29 is 28.9 Å². The molecule has 190 valence electrons. The van der Waals surface area contributed by atoms with Gasteiger partial charge in [0.15, 0.2) is 23.3 Å². The monoisotopic (exact) mass is 521 g/mol. The maximum atomic E-state index is 13.1. The Balaban J connectivity index is 1.38. The molecule has 1 aliphatic heterocycles. The van der Waals surface area contributed by atoms with Crippen LogP contribution >= 0.6 is 11.3 Å². The Hall–Kier alpha value is -4.45. The molecule has 2 aromatic heterocycles. The lowest BCUT2D eigenvalue weighted by atomic mass is 10.0. The Morgan fingerprint density at radius 3 is 2.70 bits per heavy atom. The van der Waals surface area contributed by atoms with E-state index in [2.05, 4.69) is 25.8 Å². The van der Waals surface area contributed by atoms with E-state index in [1.807, 2.05) is 0 Å². The Morgan fingerprint density at radius 2 is 1.89 bits per heavy atom. The number of phenols is 1. The molecule has 3 heterocycles. The molecular formula is C25H23N5O6S. The highest BCUT2D eigenvalue weighted by Crippen LogP contribution is 2.40. The minimum atomic E-state index is -0.983. The van der Waals surface area contributed by atoms with Gasteiger partial charge in [-0.15, -0.1) is 10.2 Å². The average molecular weight is 522 g/mol. The highest BCUT2D eigenvalue weighted by atomic mass is 32.1. The summed E-state index contributed by atoms with van der Waals surface area (Å²) in [7, 11) is 0. The smallest absolute Gasteiger partial charge is 0.334 e. The molecule has 0 fully saturated rings. The quantitative estimate of drug-likeness (QED) is 0.315. The topological polar surface area (TPSA) is 145 Å². The van der Waals surface area contributed by atoms with E-state index in [-0.39, 0.29) is 28.4 Å². The minimum Gasteiger partial charge on any atom is -0.505 e. The molecule has 37 heavy (non-hydrogen) atoms. The standard InChI is InChI=1S/C25H23N5O6S/c1-25(2,3)36-22(33)18(14-7-4-8-16-20(14)35-12-34-16)27-23-29-30-24(37-23)28-21(32)15-10-9-13-6-5-11-26-17(13)19(15)31/h4-11,18,31H,12H2,1-3H3,(H,27,29)(H,28,30,32). The van der Waals surface area contributed by atoms with Crippen molar-refractivity contribution in [2.75, 3.05) is 17.4 Å². The number of nitrogens with one attached hydrogen (secondary N) is 2. The van der Waals surface area contributed by atoms with Gasteiger partial charge in [0.05, 0.1) is 5.56 Å². The lowest BCUT2D eigenvalue weighted by molar-refractivity contribution is -0.156. The van der Waals surface area contributed by atoms with Crippen molar-refractivity contribution in [1.29, 1.82) is 0 Å². The third-order valence-electron chi connectivity index (χ3n) is 5.29. The van der Waals surface area contributed by atoms with Crippen LogP contribution in [0.4, 0.5) is 10.3 Å². The predicted octanol–water partition coefficient (Wildman–Crippen LogP) is 4.27. The number of nitrogens with zero attached hydrogens (tertiary/aromatic N) is 3. The molecule has 1 aliphatic rings. The van der Waals surface area contributed by atoms with E-state index in [1.54, 1.807) is 57.2 Å². The maximum Gasteiger partial charge on any atom is 0.334 e. The minimum absolute atomic E-state index is 0.0412. The summed E-state index contributed by atoms with van der Waals surface area (Å²) in [5.74, 6) is -0.413. The number of carbonyl (C=O) groups excluding carboxylic acids is 2. The molecule has 0 saturated carbocycles. The van der Waals surface area contributed by atoms with Crippen molar-refractivity contribution in [3.63, 3.8) is 0 Å². The number of carbonyl (C=O) groups is 2. The van der Waals surface area contributed by atoms with E-state index < -0.39 is 23.5 Å². The van der Waals surface area contributed by atoms with Gasteiger partial charge in [-0.25, -0.2) is 4.79 Å². The van der Waals surface area contributed by atoms with Crippen molar-refractivity contribution in [3.05, 3.63) is 59.8 Å². The molecule has 1 unspecified atom stereocenters. The molecule has 0 spiro atoms. The number of aromatic nitrogens is 3. The second-order valence-electron chi connectivity index (χ2n) is 9.10. The van der Waals surface area contributed by atoms with Gasteiger partial charge in [-0.05, 0) is 39.0 Å². The zero-order chi connectivity index (χ0) is 26.2. The fourth-order valence-corrected chi connectivity index (χ4v) is 4.40. The molecule has 3 N–H and O–H groups in total. The average Bonchev–Trinajstić information content (AvgIpc) is 3.51. The molecule has 1 amide bonds. The van der Waals surface area contributed by atoms with E-state index in [9.17, 15) is 14.7 Å². The van der Waals surface area contributed by atoms with Gasteiger partial charge in [0.25, 0.3) is 5.91 Å². The van der Waals surface area contributed by atoms with Gasteiger partial charge in [0.2, 0.25) is 17.1 Å². The Morgan fingerprint density at radius 1 is 1.08 bits per heavy atom. The first-order valence-corrected chi connectivity index (χ1v) is 12.1. The molecule has 0 saturated heterocycles. The molecule has 1 atom stereocenters. The summed E-state index contributed by atoms with van der Waals surface area (Å²) in [4.78, 5) is 30.1. The molecule has 5 rings (SSSR count). The van der Waals surface area contributed by atoms with Gasteiger partial charge in [-0.3, -0.25) is 15.1 Å².